The van der Waals surface area contributed by atoms with Crippen LogP contribution in [-0.2, 0) is 0 Å². The Morgan fingerprint density at radius 3 is 3.00 bits per heavy atom. The normalized spacial score (nSPS) is 16.4. The fourth-order valence-electron chi connectivity index (χ4n) is 1.85. The Bertz CT molecular complexity index is 443. The van der Waals surface area contributed by atoms with Crippen LogP contribution in [0.1, 0.15) is 29.4 Å². The summed E-state index contributed by atoms with van der Waals surface area (Å²) in [5, 5.41) is 16.1. The molecule has 0 amide bonds. The molecule has 6 heteroatoms. The van der Waals surface area contributed by atoms with Gasteiger partial charge in [0, 0.05) is 19.5 Å². The van der Waals surface area contributed by atoms with Gasteiger partial charge in [0.25, 0.3) is 0 Å². The molecular weight excluding hydrogens is 220 g/mol. The molecule has 0 radical (unpaired) electrons. The maximum absolute atomic E-state index is 10.6. The number of likely N-dealkylation sites (tertiary alicyclic amines) is 1. The van der Waals surface area contributed by atoms with Crippen molar-refractivity contribution < 1.29 is 9.90 Å². The van der Waals surface area contributed by atoms with Gasteiger partial charge in [0.1, 0.15) is 0 Å². The number of carboxylic acids is 1. The quantitative estimate of drug-likeness (QED) is 0.584. The van der Waals surface area contributed by atoms with E-state index in [9.17, 15) is 4.79 Å². The van der Waals surface area contributed by atoms with Gasteiger partial charge in [-0.05, 0) is 13.0 Å². The molecular formula is C11H14N4O2. The standard InChI is InChI=1S/C11H14N4O2/c1-2-3-4-5-14-6-9(7-14)15-8-10(11(16)17)12-13-15/h1,8-9H,3-7H2,(H,16,17). The highest BCUT2D eigenvalue weighted by Crippen LogP contribution is 2.20. The van der Waals surface area contributed by atoms with Crippen molar-refractivity contribution in [2.45, 2.75) is 18.9 Å². The highest BCUT2D eigenvalue weighted by molar-refractivity contribution is 5.84. The lowest BCUT2D eigenvalue weighted by atomic mass is 10.1. The van der Waals surface area contributed by atoms with Gasteiger partial charge in [-0.2, -0.15) is 0 Å². The zero-order valence-electron chi connectivity index (χ0n) is 9.41. The molecule has 1 aromatic heterocycles. The Labute approximate surface area is 99.2 Å². The summed E-state index contributed by atoms with van der Waals surface area (Å²) in [6, 6.07) is 0.237. The van der Waals surface area contributed by atoms with E-state index in [2.05, 4.69) is 21.1 Å². The second-order valence-electron chi connectivity index (χ2n) is 4.11. The summed E-state index contributed by atoms with van der Waals surface area (Å²) in [5.74, 6) is 1.57. The van der Waals surface area contributed by atoms with Crippen molar-refractivity contribution in [3.8, 4) is 12.3 Å². The van der Waals surface area contributed by atoms with Gasteiger partial charge in [-0.25, -0.2) is 9.48 Å². The molecule has 0 aromatic carbocycles. The van der Waals surface area contributed by atoms with Crippen molar-refractivity contribution in [3.05, 3.63) is 11.9 Å². The first-order valence-electron chi connectivity index (χ1n) is 5.51. The molecule has 2 rings (SSSR count). The minimum atomic E-state index is -1.04. The summed E-state index contributed by atoms with van der Waals surface area (Å²) < 4.78 is 1.63. The molecule has 1 aliphatic heterocycles. The highest BCUT2D eigenvalue weighted by atomic mass is 16.4. The van der Waals surface area contributed by atoms with Gasteiger partial charge in [0.2, 0.25) is 0 Å². The van der Waals surface area contributed by atoms with Gasteiger partial charge in [-0.15, -0.1) is 17.4 Å². The van der Waals surface area contributed by atoms with Crippen LogP contribution in [0, 0.1) is 12.3 Å². The average Bonchev–Trinajstić information content (AvgIpc) is 2.70. The molecule has 1 aromatic rings. The number of hydrogen-bond acceptors (Lipinski definition) is 4. The lowest BCUT2D eigenvalue weighted by Gasteiger charge is -2.38. The van der Waals surface area contributed by atoms with Gasteiger partial charge < -0.3 is 5.11 Å². The van der Waals surface area contributed by atoms with Crippen molar-refractivity contribution in [3.63, 3.8) is 0 Å². The number of nitrogens with zero attached hydrogens (tertiary/aromatic N) is 4. The van der Waals surface area contributed by atoms with E-state index < -0.39 is 5.97 Å². The van der Waals surface area contributed by atoms with Crippen LogP contribution in [0.3, 0.4) is 0 Å². The minimum absolute atomic E-state index is 0.00391. The summed E-state index contributed by atoms with van der Waals surface area (Å²) in [6.45, 7) is 2.75. The lowest BCUT2D eigenvalue weighted by Crippen LogP contribution is -2.48. The largest absolute Gasteiger partial charge is 0.476 e. The van der Waals surface area contributed by atoms with Crippen molar-refractivity contribution in [2.24, 2.45) is 0 Å². The Balaban J connectivity index is 1.79. The molecule has 1 aliphatic rings. The van der Waals surface area contributed by atoms with Gasteiger partial charge in [-0.3, -0.25) is 4.90 Å². The Hall–Kier alpha value is -1.87. The summed E-state index contributed by atoms with van der Waals surface area (Å²) in [6.07, 6.45) is 8.46. The molecule has 1 fully saturated rings. The van der Waals surface area contributed by atoms with Crippen LogP contribution < -0.4 is 0 Å². The van der Waals surface area contributed by atoms with Gasteiger partial charge in [-0.1, -0.05) is 5.21 Å². The van der Waals surface area contributed by atoms with Crippen molar-refractivity contribution in [1.82, 2.24) is 19.9 Å². The lowest BCUT2D eigenvalue weighted by molar-refractivity contribution is 0.0690. The molecule has 2 heterocycles. The zero-order valence-corrected chi connectivity index (χ0v) is 9.41. The van der Waals surface area contributed by atoms with Gasteiger partial charge >= 0.3 is 5.97 Å². The van der Waals surface area contributed by atoms with Gasteiger partial charge in [0.05, 0.1) is 12.2 Å². The summed E-state index contributed by atoms with van der Waals surface area (Å²) in [7, 11) is 0. The molecule has 0 unspecified atom stereocenters. The predicted molar refractivity (Wildman–Crippen MR) is 60.5 cm³/mol. The number of carboxylic acid groups (broad SMARTS) is 1. The fourth-order valence-corrected chi connectivity index (χ4v) is 1.85. The molecule has 6 nitrogen and oxygen atoms in total. The Morgan fingerprint density at radius 1 is 1.65 bits per heavy atom. The fraction of sp³-hybridized carbons (Fsp3) is 0.545. The molecule has 90 valence electrons. The molecule has 0 saturated carbocycles. The molecule has 17 heavy (non-hydrogen) atoms. The van der Waals surface area contributed by atoms with Crippen molar-refractivity contribution >= 4 is 5.97 Å². The van der Waals surface area contributed by atoms with Crippen LogP contribution in [-0.4, -0.2) is 50.6 Å². The summed E-state index contributed by atoms with van der Waals surface area (Å²) >= 11 is 0. The van der Waals surface area contributed by atoms with Crippen LogP contribution in [0.4, 0.5) is 0 Å². The molecule has 1 N–H and O–H groups in total. The molecule has 0 spiro atoms. The van der Waals surface area contributed by atoms with Crippen LogP contribution in [0.25, 0.3) is 0 Å². The molecule has 0 bridgehead atoms. The first-order chi connectivity index (χ1) is 8.20. The van der Waals surface area contributed by atoms with E-state index in [1.54, 1.807) is 4.68 Å². The van der Waals surface area contributed by atoms with Crippen LogP contribution in [0.2, 0.25) is 0 Å². The van der Waals surface area contributed by atoms with E-state index in [1.807, 2.05) is 0 Å². The Kier molecular flexibility index (Phi) is 3.40. The number of rotatable bonds is 5. The number of carbonyl (C=O) groups is 1. The second kappa shape index (κ2) is 4.97. The van der Waals surface area contributed by atoms with Crippen LogP contribution in [0.15, 0.2) is 6.20 Å². The summed E-state index contributed by atoms with van der Waals surface area (Å²) in [5.41, 5.74) is -0.00391. The molecule has 0 atom stereocenters. The van der Waals surface area contributed by atoms with E-state index >= 15 is 0 Å². The maximum atomic E-state index is 10.6. The smallest absolute Gasteiger partial charge is 0.358 e. The van der Waals surface area contributed by atoms with E-state index in [4.69, 9.17) is 11.5 Å². The third-order valence-corrected chi connectivity index (χ3v) is 2.84. The van der Waals surface area contributed by atoms with Crippen molar-refractivity contribution in [2.75, 3.05) is 19.6 Å². The first kappa shape index (κ1) is 11.6. The molecule has 1 saturated heterocycles. The van der Waals surface area contributed by atoms with E-state index in [0.717, 1.165) is 32.5 Å². The van der Waals surface area contributed by atoms with Crippen molar-refractivity contribution in [1.29, 1.82) is 0 Å². The van der Waals surface area contributed by atoms with Gasteiger partial charge in [0.15, 0.2) is 5.69 Å². The number of terminal acetylenes is 1. The van der Waals surface area contributed by atoms with Crippen LogP contribution >= 0.6 is 0 Å². The topological polar surface area (TPSA) is 71.2 Å². The van der Waals surface area contributed by atoms with E-state index in [1.165, 1.54) is 6.20 Å². The van der Waals surface area contributed by atoms with E-state index in [-0.39, 0.29) is 11.7 Å². The first-order valence-corrected chi connectivity index (χ1v) is 5.51. The number of hydrogen-bond donors (Lipinski definition) is 1. The Morgan fingerprint density at radius 2 is 2.41 bits per heavy atom. The maximum Gasteiger partial charge on any atom is 0.358 e. The minimum Gasteiger partial charge on any atom is -0.476 e. The highest BCUT2D eigenvalue weighted by Gasteiger charge is 2.28. The number of aromatic nitrogens is 3. The number of aromatic carboxylic acids is 1. The summed E-state index contributed by atoms with van der Waals surface area (Å²) in [4.78, 5) is 12.9. The van der Waals surface area contributed by atoms with Crippen LogP contribution in [0.5, 0.6) is 0 Å². The predicted octanol–water partition coefficient (Wildman–Crippen LogP) is 0.246. The third kappa shape index (κ3) is 2.63. The SMILES string of the molecule is C#CCCCN1CC(n2cc(C(=O)O)nn2)C1. The third-order valence-electron chi connectivity index (χ3n) is 2.84. The second-order valence-corrected chi connectivity index (χ2v) is 4.11. The monoisotopic (exact) mass is 234 g/mol. The average molecular weight is 234 g/mol. The zero-order chi connectivity index (χ0) is 12.3. The number of unbranched alkanes of at least 4 members (excludes halogenated alkanes) is 1. The molecule has 0 aliphatic carbocycles. The van der Waals surface area contributed by atoms with E-state index in [0.29, 0.717) is 0 Å².